The minimum absolute atomic E-state index is 0.0561. The van der Waals surface area contributed by atoms with E-state index < -0.39 is 11.7 Å². The van der Waals surface area contributed by atoms with Crippen molar-refractivity contribution < 1.29 is 18.0 Å². The van der Waals surface area contributed by atoms with Gasteiger partial charge >= 0.3 is 6.18 Å². The molecule has 0 atom stereocenters. The highest BCUT2D eigenvalue weighted by Gasteiger charge is 2.35. The van der Waals surface area contributed by atoms with Gasteiger partial charge in [0.2, 0.25) is 0 Å². The van der Waals surface area contributed by atoms with Gasteiger partial charge in [-0.15, -0.1) is 0 Å². The monoisotopic (exact) mass is 359 g/mol. The van der Waals surface area contributed by atoms with E-state index in [1.807, 2.05) is 28.8 Å². The van der Waals surface area contributed by atoms with Crippen molar-refractivity contribution in [2.75, 3.05) is 0 Å². The van der Waals surface area contributed by atoms with Crippen molar-refractivity contribution >= 4 is 11.6 Å². The second kappa shape index (κ2) is 6.16. The van der Waals surface area contributed by atoms with Gasteiger partial charge in [0, 0.05) is 17.8 Å². The molecule has 1 saturated carbocycles. The number of imidazole rings is 1. The number of aromatic nitrogens is 2. The lowest BCUT2D eigenvalue weighted by Crippen LogP contribution is -2.33. The summed E-state index contributed by atoms with van der Waals surface area (Å²) >= 11 is 0. The van der Waals surface area contributed by atoms with Gasteiger partial charge in [0.1, 0.15) is 5.65 Å². The van der Waals surface area contributed by atoms with Crippen LogP contribution in [0.5, 0.6) is 0 Å². The summed E-state index contributed by atoms with van der Waals surface area (Å²) in [6, 6.07) is 10.3. The molecule has 1 aliphatic rings. The van der Waals surface area contributed by atoms with Crippen LogP contribution in [0.15, 0.2) is 54.9 Å². The molecule has 1 amide bonds. The molecule has 2 heterocycles. The SMILES string of the molecule is O=C(c1cccc(C(F)(F)F)c1)N(Cc1cnc2ccccn12)C1CC1. The molecule has 0 saturated heterocycles. The first-order chi connectivity index (χ1) is 12.4. The molecule has 0 bridgehead atoms. The summed E-state index contributed by atoms with van der Waals surface area (Å²) in [6.07, 6.45) is 0.812. The number of carbonyl (C=O) groups is 1. The van der Waals surface area contributed by atoms with Crippen LogP contribution in [0.2, 0.25) is 0 Å². The van der Waals surface area contributed by atoms with Crippen LogP contribution in [-0.4, -0.2) is 26.2 Å². The summed E-state index contributed by atoms with van der Waals surface area (Å²) in [6.45, 7) is 0.310. The fourth-order valence-corrected chi connectivity index (χ4v) is 3.02. The highest BCUT2D eigenvalue weighted by molar-refractivity contribution is 5.94. The largest absolute Gasteiger partial charge is 0.416 e. The fourth-order valence-electron chi connectivity index (χ4n) is 3.02. The molecule has 7 heteroatoms. The topological polar surface area (TPSA) is 37.6 Å². The number of nitrogens with zero attached hydrogens (tertiary/aromatic N) is 3. The summed E-state index contributed by atoms with van der Waals surface area (Å²) in [5.41, 5.74) is 0.840. The summed E-state index contributed by atoms with van der Waals surface area (Å²) in [5.74, 6) is -0.385. The van der Waals surface area contributed by atoms with Gasteiger partial charge in [-0.2, -0.15) is 13.2 Å². The molecule has 0 radical (unpaired) electrons. The van der Waals surface area contributed by atoms with E-state index in [1.165, 1.54) is 12.1 Å². The predicted molar refractivity (Wildman–Crippen MR) is 89.5 cm³/mol. The lowest BCUT2D eigenvalue weighted by atomic mass is 10.1. The number of halogens is 3. The van der Waals surface area contributed by atoms with Crippen molar-refractivity contribution in [3.05, 3.63) is 71.7 Å². The first-order valence-corrected chi connectivity index (χ1v) is 8.33. The molecule has 1 fully saturated rings. The number of rotatable bonds is 4. The van der Waals surface area contributed by atoms with Gasteiger partial charge in [0.15, 0.2) is 0 Å². The van der Waals surface area contributed by atoms with E-state index in [0.717, 1.165) is 36.3 Å². The molecule has 0 spiro atoms. The molecule has 4 rings (SSSR count). The number of hydrogen-bond donors (Lipinski definition) is 0. The molecule has 0 unspecified atom stereocenters. The maximum atomic E-state index is 12.9. The molecule has 1 aliphatic carbocycles. The number of amides is 1. The average Bonchev–Trinajstić information content (AvgIpc) is 3.39. The van der Waals surface area contributed by atoms with Crippen LogP contribution in [0.4, 0.5) is 13.2 Å². The van der Waals surface area contributed by atoms with E-state index in [1.54, 1.807) is 11.1 Å². The Labute approximate surface area is 147 Å². The van der Waals surface area contributed by atoms with Crippen LogP contribution >= 0.6 is 0 Å². The Morgan fingerprint density at radius 3 is 2.73 bits per heavy atom. The summed E-state index contributed by atoms with van der Waals surface area (Å²) in [4.78, 5) is 18.8. The average molecular weight is 359 g/mol. The number of carbonyl (C=O) groups excluding carboxylic acids is 1. The number of hydrogen-bond acceptors (Lipinski definition) is 2. The fraction of sp³-hybridized carbons (Fsp3) is 0.263. The zero-order valence-corrected chi connectivity index (χ0v) is 13.8. The molecular formula is C19H16F3N3O. The van der Waals surface area contributed by atoms with Crippen LogP contribution in [0.3, 0.4) is 0 Å². The quantitative estimate of drug-likeness (QED) is 0.702. The zero-order valence-electron chi connectivity index (χ0n) is 13.8. The van der Waals surface area contributed by atoms with E-state index in [0.29, 0.717) is 6.54 Å². The third kappa shape index (κ3) is 3.16. The Balaban J connectivity index is 1.64. The first kappa shape index (κ1) is 16.6. The Kier molecular flexibility index (Phi) is 3.94. The maximum Gasteiger partial charge on any atom is 0.416 e. The Bertz CT molecular complexity index is 960. The van der Waals surface area contributed by atoms with E-state index in [4.69, 9.17) is 0 Å². The van der Waals surface area contributed by atoms with E-state index in [9.17, 15) is 18.0 Å². The van der Waals surface area contributed by atoms with Gasteiger partial charge in [-0.1, -0.05) is 12.1 Å². The summed E-state index contributed by atoms with van der Waals surface area (Å²) < 4.78 is 40.7. The van der Waals surface area contributed by atoms with Gasteiger partial charge in [0.05, 0.1) is 24.0 Å². The van der Waals surface area contributed by atoms with Crippen LogP contribution in [0, 0.1) is 0 Å². The van der Waals surface area contributed by atoms with Crippen molar-refractivity contribution in [3.8, 4) is 0 Å². The van der Waals surface area contributed by atoms with E-state index in [2.05, 4.69) is 4.98 Å². The Morgan fingerprint density at radius 2 is 2.00 bits per heavy atom. The highest BCUT2D eigenvalue weighted by Crippen LogP contribution is 2.32. The van der Waals surface area contributed by atoms with Crippen molar-refractivity contribution in [2.45, 2.75) is 31.6 Å². The third-order valence-electron chi connectivity index (χ3n) is 4.51. The molecule has 0 aliphatic heterocycles. The van der Waals surface area contributed by atoms with Crippen LogP contribution in [-0.2, 0) is 12.7 Å². The maximum absolute atomic E-state index is 12.9. The van der Waals surface area contributed by atoms with E-state index >= 15 is 0 Å². The smallest absolute Gasteiger partial charge is 0.330 e. The highest BCUT2D eigenvalue weighted by atomic mass is 19.4. The molecule has 2 aromatic heterocycles. The first-order valence-electron chi connectivity index (χ1n) is 8.33. The third-order valence-corrected chi connectivity index (χ3v) is 4.51. The zero-order chi connectivity index (χ0) is 18.3. The van der Waals surface area contributed by atoms with E-state index in [-0.39, 0.29) is 17.5 Å². The number of alkyl halides is 3. The normalized spacial score (nSPS) is 14.6. The minimum Gasteiger partial charge on any atom is -0.330 e. The molecule has 26 heavy (non-hydrogen) atoms. The standard InChI is InChI=1S/C19H16F3N3O/c20-19(21,22)14-5-3-4-13(10-14)18(26)25(15-7-8-15)12-16-11-23-17-6-1-2-9-24(16)17/h1-6,9-11,15H,7-8,12H2. The number of pyridine rings is 1. The Morgan fingerprint density at radius 1 is 1.19 bits per heavy atom. The second-order valence-corrected chi connectivity index (χ2v) is 6.42. The van der Waals surface area contributed by atoms with Crippen LogP contribution in [0.1, 0.15) is 34.5 Å². The lowest BCUT2D eigenvalue weighted by molar-refractivity contribution is -0.137. The van der Waals surface area contributed by atoms with Crippen molar-refractivity contribution in [2.24, 2.45) is 0 Å². The molecule has 4 nitrogen and oxygen atoms in total. The number of benzene rings is 1. The van der Waals surface area contributed by atoms with Crippen LogP contribution in [0.25, 0.3) is 5.65 Å². The Hall–Kier alpha value is -2.83. The van der Waals surface area contributed by atoms with Gasteiger partial charge in [-0.3, -0.25) is 4.79 Å². The van der Waals surface area contributed by atoms with Crippen molar-refractivity contribution in [1.29, 1.82) is 0 Å². The molecule has 134 valence electrons. The van der Waals surface area contributed by atoms with Crippen molar-refractivity contribution in [1.82, 2.24) is 14.3 Å². The van der Waals surface area contributed by atoms with Crippen LogP contribution < -0.4 is 0 Å². The lowest BCUT2D eigenvalue weighted by Gasteiger charge is -2.22. The van der Waals surface area contributed by atoms with Gasteiger partial charge < -0.3 is 9.30 Å². The van der Waals surface area contributed by atoms with Gasteiger partial charge in [-0.05, 0) is 43.2 Å². The molecule has 3 aromatic rings. The van der Waals surface area contributed by atoms with Crippen molar-refractivity contribution in [3.63, 3.8) is 0 Å². The van der Waals surface area contributed by atoms with Gasteiger partial charge in [-0.25, -0.2) is 4.98 Å². The second-order valence-electron chi connectivity index (χ2n) is 6.42. The summed E-state index contributed by atoms with van der Waals surface area (Å²) in [5, 5.41) is 0. The number of fused-ring (bicyclic) bond motifs is 1. The predicted octanol–water partition coefficient (Wildman–Crippen LogP) is 4.16. The molecule has 1 aromatic carbocycles. The molecular weight excluding hydrogens is 343 g/mol. The molecule has 0 N–H and O–H groups in total. The summed E-state index contributed by atoms with van der Waals surface area (Å²) in [7, 11) is 0. The minimum atomic E-state index is -4.47. The van der Waals surface area contributed by atoms with Gasteiger partial charge in [0.25, 0.3) is 5.91 Å².